The fourth-order valence-electron chi connectivity index (χ4n) is 6.20. The Hall–Kier alpha value is -4.79. The summed E-state index contributed by atoms with van der Waals surface area (Å²) in [5.41, 5.74) is 0. The summed E-state index contributed by atoms with van der Waals surface area (Å²) >= 11 is 0. The number of carboxylic acid groups (broad SMARTS) is 1. The number of esters is 2. The molecule has 8 heteroatoms. The minimum absolute atomic E-state index is 0.00762. The number of carbonyl (C=O) groups is 3. The van der Waals surface area contributed by atoms with Crippen molar-refractivity contribution in [3.05, 3.63) is 146 Å². The van der Waals surface area contributed by atoms with Gasteiger partial charge >= 0.3 is 11.9 Å². The van der Waals surface area contributed by atoms with E-state index < -0.39 is 18.1 Å². The summed E-state index contributed by atoms with van der Waals surface area (Å²) in [6.07, 6.45) is 67.2. The molecule has 0 radical (unpaired) electrons. The average Bonchev–Trinajstić information content (AvgIpc) is 3.27. The van der Waals surface area contributed by atoms with Crippen molar-refractivity contribution in [3.63, 3.8) is 0 Å². The Balaban J connectivity index is 4.45. The van der Waals surface area contributed by atoms with Gasteiger partial charge in [-0.05, 0) is 77.0 Å². The maximum absolute atomic E-state index is 12.8. The molecule has 0 saturated heterocycles. The first-order valence-electron chi connectivity index (χ1n) is 24.5. The van der Waals surface area contributed by atoms with Gasteiger partial charge in [0.15, 0.2) is 6.10 Å². The lowest BCUT2D eigenvalue weighted by Crippen LogP contribution is -2.55. The molecule has 0 aromatic rings. The van der Waals surface area contributed by atoms with Gasteiger partial charge in [-0.1, -0.05) is 192 Å². The molecular formula is C57H87NO7. The molecule has 0 rings (SSSR count). The average molecular weight is 898 g/mol. The van der Waals surface area contributed by atoms with Crippen molar-refractivity contribution in [2.75, 3.05) is 41.0 Å². The fraction of sp³-hybridized carbons (Fsp3) is 0.526. The molecule has 0 aliphatic carbocycles. The zero-order valence-corrected chi connectivity index (χ0v) is 41.1. The number of carboxylic acids is 1. The zero-order chi connectivity index (χ0) is 47.7. The number of allylic oxidation sites excluding steroid dienone is 24. The van der Waals surface area contributed by atoms with Gasteiger partial charge in [0.2, 0.25) is 0 Å². The summed E-state index contributed by atoms with van der Waals surface area (Å²) in [5, 5.41) is 11.7. The molecule has 0 fully saturated rings. The van der Waals surface area contributed by atoms with Crippen molar-refractivity contribution in [2.45, 2.75) is 154 Å². The minimum atomic E-state index is -1.14. The Bertz CT molecular complexity index is 1560. The van der Waals surface area contributed by atoms with Gasteiger partial charge in [0.1, 0.15) is 12.6 Å². The summed E-state index contributed by atoms with van der Waals surface area (Å²) in [7, 11) is 5.37. The number of nitrogens with zero attached hydrogens (tertiary/aromatic N) is 1. The Morgan fingerprint density at radius 3 is 1.40 bits per heavy atom. The van der Waals surface area contributed by atoms with E-state index in [1.54, 1.807) is 21.1 Å². The second-order valence-corrected chi connectivity index (χ2v) is 16.8. The monoisotopic (exact) mass is 898 g/mol. The number of carbonyl (C=O) groups excluding carboxylic acids is 3. The Morgan fingerprint density at radius 1 is 0.477 bits per heavy atom. The van der Waals surface area contributed by atoms with Gasteiger partial charge in [-0.3, -0.25) is 9.59 Å². The Labute approximate surface area is 395 Å². The molecular weight excluding hydrogens is 811 g/mol. The van der Waals surface area contributed by atoms with Crippen LogP contribution in [-0.2, 0) is 28.6 Å². The first kappa shape index (κ1) is 60.2. The summed E-state index contributed by atoms with van der Waals surface area (Å²) in [5.74, 6) is -1.84. The third-order valence-corrected chi connectivity index (χ3v) is 9.92. The standard InChI is InChI=1S/C57H87NO7/c1-6-8-10-12-14-16-18-20-22-24-26-27-28-30-32-34-36-38-40-42-44-46-48-56(60)65-53(51-63-50-49-54(57(61)62)58(3,4)5)52-64-55(59)47-45-43-41-39-37-35-33-31-29-25-23-21-19-17-15-13-11-9-7-2/h8-11,13-17,19-23,25-27,29-33,35,37,53-54H,6-7,12,18,24,28,34,36,38-52H2,1-5H3/b10-8+,11-9+,15-13+,16-14+,19-17+,22-20+,23-21+,27-26+,29-25+,32-30+,33-31+,37-35+. The number of likely N-dealkylation sites (N-methyl/N-ethyl adjacent to an activating group) is 1. The maximum atomic E-state index is 12.8. The minimum Gasteiger partial charge on any atom is -0.544 e. The van der Waals surface area contributed by atoms with Crippen LogP contribution in [0.4, 0.5) is 0 Å². The van der Waals surface area contributed by atoms with E-state index in [1.165, 1.54) is 0 Å². The number of hydrogen-bond acceptors (Lipinski definition) is 7. The highest BCUT2D eigenvalue weighted by atomic mass is 16.6. The van der Waals surface area contributed by atoms with E-state index in [0.717, 1.165) is 103 Å². The number of quaternary nitrogens is 1. The second-order valence-electron chi connectivity index (χ2n) is 16.8. The SMILES string of the molecule is CC/C=C/C=C/C=C/C=C/C=C/C=C/C=C/CCCCCC(=O)OCC(COCCC(C(=O)[O-])[N+](C)(C)C)OC(=O)CCCCCCCC/C=C/C/C=C/C/C=C/C/C=C/C/C=C/CC. The first-order valence-corrected chi connectivity index (χ1v) is 24.5. The van der Waals surface area contributed by atoms with Crippen molar-refractivity contribution in [3.8, 4) is 0 Å². The lowest BCUT2D eigenvalue weighted by atomic mass is 10.1. The molecule has 0 saturated carbocycles. The zero-order valence-electron chi connectivity index (χ0n) is 41.1. The molecule has 0 aromatic heterocycles. The van der Waals surface area contributed by atoms with Crippen molar-refractivity contribution < 1.29 is 38.2 Å². The summed E-state index contributed by atoms with van der Waals surface area (Å²) in [6, 6.07) is -0.747. The fourth-order valence-corrected chi connectivity index (χ4v) is 6.20. The normalized spacial score (nSPS) is 14.2. The molecule has 0 heterocycles. The van der Waals surface area contributed by atoms with E-state index in [2.05, 4.69) is 86.8 Å². The Morgan fingerprint density at radius 2 is 0.892 bits per heavy atom. The van der Waals surface area contributed by atoms with E-state index in [9.17, 15) is 19.5 Å². The van der Waals surface area contributed by atoms with E-state index >= 15 is 0 Å². The van der Waals surface area contributed by atoms with Gasteiger partial charge in [-0.15, -0.1) is 0 Å². The van der Waals surface area contributed by atoms with E-state index in [1.807, 2.05) is 72.9 Å². The summed E-state index contributed by atoms with van der Waals surface area (Å²) in [4.78, 5) is 37.0. The highest BCUT2D eigenvalue weighted by Gasteiger charge is 2.25. The molecule has 0 amide bonds. The Kier molecular flexibility index (Phi) is 42.4. The van der Waals surface area contributed by atoms with Gasteiger partial charge < -0.3 is 28.6 Å². The van der Waals surface area contributed by atoms with Crippen LogP contribution in [0.2, 0.25) is 0 Å². The molecule has 2 unspecified atom stereocenters. The molecule has 0 N–H and O–H groups in total. The molecule has 0 spiro atoms. The van der Waals surface area contributed by atoms with Gasteiger partial charge in [0.25, 0.3) is 0 Å². The predicted octanol–water partition coefficient (Wildman–Crippen LogP) is 12.8. The summed E-state index contributed by atoms with van der Waals surface area (Å²) in [6.45, 7) is 4.31. The van der Waals surface area contributed by atoms with Crippen LogP contribution in [-0.4, -0.2) is 75.5 Å². The van der Waals surface area contributed by atoms with Crippen molar-refractivity contribution >= 4 is 17.9 Å². The van der Waals surface area contributed by atoms with Crippen molar-refractivity contribution in [2.24, 2.45) is 0 Å². The molecule has 0 bridgehead atoms. The van der Waals surface area contributed by atoms with E-state index in [0.29, 0.717) is 6.42 Å². The smallest absolute Gasteiger partial charge is 0.306 e. The molecule has 65 heavy (non-hydrogen) atoms. The molecule has 0 aromatic carbocycles. The quantitative estimate of drug-likeness (QED) is 0.0198. The molecule has 362 valence electrons. The van der Waals surface area contributed by atoms with Crippen LogP contribution in [0, 0.1) is 0 Å². The molecule has 0 aliphatic rings. The third-order valence-electron chi connectivity index (χ3n) is 9.92. The van der Waals surface area contributed by atoms with Crippen LogP contribution in [0.3, 0.4) is 0 Å². The highest BCUT2D eigenvalue weighted by Crippen LogP contribution is 2.12. The van der Waals surface area contributed by atoms with Gasteiger partial charge in [-0.25, -0.2) is 0 Å². The first-order chi connectivity index (χ1) is 31.6. The topological polar surface area (TPSA) is 102 Å². The third kappa shape index (κ3) is 44.2. The highest BCUT2D eigenvalue weighted by molar-refractivity contribution is 5.70. The molecule has 8 nitrogen and oxygen atoms in total. The molecule has 0 aliphatic heterocycles. The van der Waals surface area contributed by atoms with Crippen LogP contribution in [0.5, 0.6) is 0 Å². The van der Waals surface area contributed by atoms with Gasteiger partial charge in [0.05, 0.1) is 40.3 Å². The van der Waals surface area contributed by atoms with Crippen molar-refractivity contribution in [1.29, 1.82) is 0 Å². The maximum Gasteiger partial charge on any atom is 0.306 e. The summed E-state index contributed by atoms with van der Waals surface area (Å²) < 4.78 is 17.2. The van der Waals surface area contributed by atoms with Crippen molar-refractivity contribution in [1.82, 2.24) is 0 Å². The van der Waals surface area contributed by atoms with E-state index in [-0.39, 0.29) is 55.5 Å². The van der Waals surface area contributed by atoms with Crippen LogP contribution < -0.4 is 5.11 Å². The number of rotatable bonds is 41. The number of ether oxygens (including phenoxy) is 3. The second kappa shape index (κ2) is 45.8. The van der Waals surface area contributed by atoms with E-state index in [4.69, 9.17) is 14.2 Å². The molecule has 2 atom stereocenters. The lowest BCUT2D eigenvalue weighted by molar-refractivity contribution is -0.889. The van der Waals surface area contributed by atoms with Crippen LogP contribution in [0.25, 0.3) is 0 Å². The van der Waals surface area contributed by atoms with Crippen LogP contribution in [0.15, 0.2) is 146 Å². The van der Waals surface area contributed by atoms with Gasteiger partial charge in [0, 0.05) is 19.3 Å². The number of hydrogen-bond donors (Lipinski definition) is 0. The lowest BCUT2D eigenvalue weighted by Gasteiger charge is -2.34. The number of aliphatic carboxylic acids is 1. The predicted molar refractivity (Wildman–Crippen MR) is 272 cm³/mol. The van der Waals surface area contributed by atoms with Crippen LogP contribution in [0.1, 0.15) is 142 Å². The van der Waals surface area contributed by atoms with Gasteiger partial charge in [-0.2, -0.15) is 0 Å². The number of unbranched alkanes of at least 4 members (excludes halogenated alkanes) is 9. The van der Waals surface area contributed by atoms with Crippen LogP contribution >= 0.6 is 0 Å². The largest absolute Gasteiger partial charge is 0.544 e.